The number of aryl methyl sites for hydroxylation is 1. The second-order valence-corrected chi connectivity index (χ2v) is 8.82. The molecule has 0 saturated carbocycles. The van der Waals surface area contributed by atoms with E-state index < -0.39 is 23.7 Å². The second-order valence-electron chi connectivity index (χ2n) is 8.82. The Morgan fingerprint density at radius 3 is 2.66 bits per heavy atom. The third kappa shape index (κ3) is 5.40. The van der Waals surface area contributed by atoms with Crippen molar-refractivity contribution in [3.63, 3.8) is 0 Å². The number of aromatic nitrogens is 3. The average Bonchev–Trinajstić information content (AvgIpc) is 3.49. The summed E-state index contributed by atoms with van der Waals surface area (Å²) in [5.74, 6) is -0.709. The highest BCUT2D eigenvalue weighted by Crippen LogP contribution is 2.30. The average molecular weight is 478 g/mol. The maximum absolute atomic E-state index is 14.6. The number of nitrogens with one attached hydrogen (secondary N) is 1. The lowest BCUT2D eigenvalue weighted by Crippen LogP contribution is -2.45. The van der Waals surface area contributed by atoms with Crippen molar-refractivity contribution in [3.8, 4) is 0 Å². The maximum Gasteiger partial charge on any atom is 0.251 e. The van der Waals surface area contributed by atoms with Crippen LogP contribution < -0.4 is 10.2 Å². The van der Waals surface area contributed by atoms with Gasteiger partial charge in [0.15, 0.2) is 6.04 Å². The topological polar surface area (TPSA) is 93.3 Å². The number of fused-ring (bicyclic) bond motifs is 1. The summed E-state index contributed by atoms with van der Waals surface area (Å²) >= 11 is 0. The van der Waals surface area contributed by atoms with Crippen molar-refractivity contribution in [1.29, 1.82) is 0 Å². The normalized spacial score (nSPS) is 12.1. The quantitative estimate of drug-likeness (QED) is 0.386. The third-order valence-electron chi connectivity index (χ3n) is 5.75. The van der Waals surface area contributed by atoms with E-state index in [1.54, 1.807) is 43.3 Å². The Morgan fingerprint density at radius 1 is 1.14 bits per heavy atom. The number of carbonyl (C=O) groups excluding carboxylic acids is 2. The van der Waals surface area contributed by atoms with Crippen molar-refractivity contribution in [1.82, 2.24) is 20.3 Å². The molecule has 2 heterocycles. The highest BCUT2D eigenvalue weighted by atomic mass is 19.1. The molecule has 4 rings (SSSR count). The van der Waals surface area contributed by atoms with Gasteiger partial charge in [-0.2, -0.15) is 0 Å². The Hall–Kier alpha value is -4.01. The van der Waals surface area contributed by atoms with Crippen LogP contribution in [0.15, 0.2) is 65.3 Å². The maximum atomic E-state index is 14.6. The summed E-state index contributed by atoms with van der Waals surface area (Å²) in [6.45, 7) is 5.99. The van der Waals surface area contributed by atoms with Gasteiger partial charge in [0, 0.05) is 12.2 Å². The van der Waals surface area contributed by atoms with Gasteiger partial charge in [-0.3, -0.25) is 14.5 Å². The van der Waals surface area contributed by atoms with Gasteiger partial charge < -0.3 is 9.73 Å². The van der Waals surface area contributed by atoms with Crippen LogP contribution in [-0.2, 0) is 16.1 Å². The summed E-state index contributed by atoms with van der Waals surface area (Å²) in [5.41, 5.74) is 1.98. The molecule has 8 nitrogen and oxygen atoms in total. The number of para-hydroxylation sites is 1. The first kappa shape index (κ1) is 24.1. The molecule has 0 fully saturated rings. The number of nitrogens with zero attached hydrogens (tertiary/aromatic N) is 4. The number of amides is 2. The second kappa shape index (κ2) is 10.5. The molecule has 0 saturated heterocycles. The molecule has 2 aromatic heterocycles. The van der Waals surface area contributed by atoms with Crippen LogP contribution in [0.1, 0.15) is 37.6 Å². The van der Waals surface area contributed by atoms with Gasteiger partial charge in [0.25, 0.3) is 5.91 Å². The van der Waals surface area contributed by atoms with Gasteiger partial charge in [0.1, 0.15) is 23.6 Å². The van der Waals surface area contributed by atoms with Crippen LogP contribution >= 0.6 is 0 Å². The van der Waals surface area contributed by atoms with Crippen molar-refractivity contribution in [2.75, 3.05) is 11.4 Å². The molecule has 4 aromatic rings. The number of halogens is 1. The molecule has 182 valence electrons. The van der Waals surface area contributed by atoms with E-state index in [-0.39, 0.29) is 18.0 Å². The number of anilines is 1. The fourth-order valence-electron chi connectivity index (χ4n) is 3.81. The molecule has 0 aliphatic carbocycles. The standard InChI is InChI=1S/C26H28FN5O3/c1-17(2)12-13-28-26(34)25(23-9-6-14-35-23)32(19-11-10-18(3)20(27)15-19)24(33)16-31-22-8-5-4-7-21(22)29-30-31/h4-11,14-15,17,25H,12-13,16H2,1-3H3,(H,28,34)/t25-/m0/s1. The van der Waals surface area contributed by atoms with E-state index in [1.165, 1.54) is 21.9 Å². The third-order valence-corrected chi connectivity index (χ3v) is 5.75. The lowest BCUT2D eigenvalue weighted by molar-refractivity contribution is -0.127. The summed E-state index contributed by atoms with van der Waals surface area (Å²) in [5, 5.41) is 11.1. The van der Waals surface area contributed by atoms with E-state index in [2.05, 4.69) is 29.5 Å². The predicted molar refractivity (Wildman–Crippen MR) is 130 cm³/mol. The van der Waals surface area contributed by atoms with Crippen LogP contribution in [0.3, 0.4) is 0 Å². The number of benzene rings is 2. The zero-order valence-corrected chi connectivity index (χ0v) is 19.9. The van der Waals surface area contributed by atoms with E-state index in [0.717, 1.165) is 6.42 Å². The Kier molecular flexibility index (Phi) is 7.24. The van der Waals surface area contributed by atoms with Crippen molar-refractivity contribution in [3.05, 3.63) is 78.0 Å². The molecule has 35 heavy (non-hydrogen) atoms. The first-order valence-electron chi connectivity index (χ1n) is 11.5. The van der Waals surface area contributed by atoms with Crippen LogP contribution in [0.2, 0.25) is 0 Å². The number of hydrogen-bond acceptors (Lipinski definition) is 5. The number of furan rings is 1. The summed E-state index contributed by atoms with van der Waals surface area (Å²) in [7, 11) is 0. The number of hydrogen-bond donors (Lipinski definition) is 1. The Morgan fingerprint density at radius 2 is 1.94 bits per heavy atom. The zero-order chi connectivity index (χ0) is 24.9. The molecule has 1 atom stereocenters. The minimum Gasteiger partial charge on any atom is -0.467 e. The zero-order valence-electron chi connectivity index (χ0n) is 19.9. The van der Waals surface area contributed by atoms with E-state index in [1.807, 2.05) is 12.1 Å². The van der Waals surface area contributed by atoms with Crippen molar-refractivity contribution >= 4 is 28.5 Å². The predicted octanol–water partition coefficient (Wildman–Crippen LogP) is 4.41. The lowest BCUT2D eigenvalue weighted by Gasteiger charge is -2.30. The first-order chi connectivity index (χ1) is 16.8. The SMILES string of the molecule is Cc1ccc(N(C(=O)Cn2nnc3ccccc32)[C@H](C(=O)NCCC(C)C)c2ccco2)cc1F. The minimum absolute atomic E-state index is 0.202. The van der Waals surface area contributed by atoms with E-state index in [4.69, 9.17) is 4.42 Å². The van der Waals surface area contributed by atoms with Gasteiger partial charge in [-0.05, 0) is 61.2 Å². The lowest BCUT2D eigenvalue weighted by atomic mass is 10.1. The first-order valence-corrected chi connectivity index (χ1v) is 11.5. The molecule has 2 amide bonds. The molecule has 1 N–H and O–H groups in total. The van der Waals surface area contributed by atoms with Gasteiger partial charge in [0.05, 0.1) is 11.8 Å². The number of rotatable bonds is 9. The van der Waals surface area contributed by atoms with Crippen LogP contribution in [0.5, 0.6) is 0 Å². The monoisotopic (exact) mass is 477 g/mol. The Balaban J connectivity index is 1.74. The van der Waals surface area contributed by atoms with Gasteiger partial charge in [-0.25, -0.2) is 9.07 Å². The van der Waals surface area contributed by atoms with Gasteiger partial charge in [0.2, 0.25) is 5.91 Å². The van der Waals surface area contributed by atoms with E-state index in [0.29, 0.717) is 29.1 Å². The van der Waals surface area contributed by atoms with E-state index >= 15 is 0 Å². The summed E-state index contributed by atoms with van der Waals surface area (Å²) < 4.78 is 21.6. The Labute approximate surface area is 202 Å². The fraction of sp³-hybridized carbons (Fsp3) is 0.308. The van der Waals surface area contributed by atoms with Gasteiger partial charge in [-0.1, -0.05) is 37.3 Å². The molecule has 0 unspecified atom stereocenters. The molecule has 0 radical (unpaired) electrons. The number of carbonyl (C=O) groups is 2. The molecule has 9 heteroatoms. The van der Waals surface area contributed by atoms with Crippen molar-refractivity contribution in [2.24, 2.45) is 5.92 Å². The van der Waals surface area contributed by atoms with Crippen LogP contribution in [0, 0.1) is 18.7 Å². The minimum atomic E-state index is -1.14. The molecule has 0 spiro atoms. The fourth-order valence-corrected chi connectivity index (χ4v) is 3.81. The highest BCUT2D eigenvalue weighted by molar-refractivity contribution is 6.01. The van der Waals surface area contributed by atoms with Crippen LogP contribution in [-0.4, -0.2) is 33.4 Å². The Bertz CT molecular complexity index is 1320. The highest BCUT2D eigenvalue weighted by Gasteiger charge is 2.35. The largest absolute Gasteiger partial charge is 0.467 e. The van der Waals surface area contributed by atoms with E-state index in [9.17, 15) is 14.0 Å². The van der Waals surface area contributed by atoms with Gasteiger partial charge in [-0.15, -0.1) is 5.10 Å². The molecular formula is C26H28FN5O3. The van der Waals surface area contributed by atoms with Gasteiger partial charge >= 0.3 is 0 Å². The molecule has 0 bridgehead atoms. The molecule has 0 aliphatic heterocycles. The molecule has 0 aliphatic rings. The summed E-state index contributed by atoms with van der Waals surface area (Å²) in [6.07, 6.45) is 2.21. The smallest absolute Gasteiger partial charge is 0.251 e. The summed E-state index contributed by atoms with van der Waals surface area (Å²) in [4.78, 5) is 28.4. The van der Waals surface area contributed by atoms with Crippen molar-refractivity contribution < 1.29 is 18.4 Å². The van der Waals surface area contributed by atoms with Crippen LogP contribution in [0.25, 0.3) is 11.0 Å². The van der Waals surface area contributed by atoms with Crippen molar-refractivity contribution in [2.45, 2.75) is 39.8 Å². The molecule has 2 aromatic carbocycles. The summed E-state index contributed by atoms with van der Waals surface area (Å²) in [6, 6.07) is 13.8. The van der Waals surface area contributed by atoms with Crippen LogP contribution in [0.4, 0.5) is 10.1 Å². The molecular weight excluding hydrogens is 449 g/mol.